The molecule has 0 unspecified atom stereocenters. The number of aromatic amines is 1. The van der Waals surface area contributed by atoms with Gasteiger partial charge in [-0.25, -0.2) is 23.6 Å². The van der Waals surface area contributed by atoms with Crippen molar-refractivity contribution in [3.63, 3.8) is 0 Å². The number of nitrogens with zero attached hydrogens (tertiary/aromatic N) is 3. The summed E-state index contributed by atoms with van der Waals surface area (Å²) in [4.78, 5) is 16.1. The molecule has 2 aromatic heterocycles. The number of H-pyrrole nitrogens is 1. The minimum atomic E-state index is -2.52. The van der Waals surface area contributed by atoms with Crippen LogP contribution in [0.4, 0.5) is 14.5 Å². The number of aromatic nitrogens is 3. The van der Waals surface area contributed by atoms with E-state index in [0.717, 1.165) is 38.4 Å². The van der Waals surface area contributed by atoms with Crippen LogP contribution in [0.25, 0.3) is 38.5 Å². The summed E-state index contributed by atoms with van der Waals surface area (Å²) in [6, 6.07) is 17.8. The van der Waals surface area contributed by atoms with Crippen LogP contribution in [0.15, 0.2) is 66.0 Å². The Morgan fingerprint density at radius 3 is 2.61 bits per heavy atom. The Morgan fingerprint density at radius 2 is 1.85 bits per heavy atom. The third kappa shape index (κ3) is 4.26. The van der Waals surface area contributed by atoms with Crippen LogP contribution in [0.1, 0.15) is 28.1 Å². The summed E-state index contributed by atoms with van der Waals surface area (Å²) >= 11 is 1.60. The number of fused-ring (bicyclic) bond motifs is 1. The van der Waals surface area contributed by atoms with Gasteiger partial charge in [-0.15, -0.1) is 11.3 Å². The molecule has 1 N–H and O–H groups in total. The van der Waals surface area contributed by atoms with Gasteiger partial charge < -0.3 is 4.98 Å². The van der Waals surface area contributed by atoms with E-state index in [-0.39, 0.29) is 5.56 Å². The van der Waals surface area contributed by atoms with Gasteiger partial charge in [0.2, 0.25) is 0 Å². The van der Waals surface area contributed by atoms with Crippen molar-refractivity contribution >= 4 is 28.1 Å². The first-order valence-electron chi connectivity index (χ1n) is 10.3. The van der Waals surface area contributed by atoms with Gasteiger partial charge in [-0.1, -0.05) is 42.5 Å². The zero-order valence-corrected chi connectivity index (χ0v) is 18.5. The van der Waals surface area contributed by atoms with Crippen LogP contribution in [0.3, 0.4) is 0 Å². The van der Waals surface area contributed by atoms with Gasteiger partial charge in [0.1, 0.15) is 5.82 Å². The Hall–Kier alpha value is -3.89. The number of hydrogen-bond acceptors (Lipinski definition) is 3. The Kier molecular flexibility index (Phi) is 5.45. The fourth-order valence-corrected chi connectivity index (χ4v) is 4.58. The van der Waals surface area contributed by atoms with E-state index in [0.29, 0.717) is 23.5 Å². The van der Waals surface area contributed by atoms with Crippen molar-refractivity contribution in [2.45, 2.75) is 19.8 Å². The van der Waals surface area contributed by atoms with Gasteiger partial charge in [0.25, 0.3) is 6.43 Å². The molecule has 0 bridgehead atoms. The Bertz CT molecular complexity index is 1490. The number of nitrogens with one attached hydrogen (secondary N) is 1. The predicted octanol–water partition coefficient (Wildman–Crippen LogP) is 7.74. The lowest BCUT2D eigenvalue weighted by molar-refractivity contribution is 0.151. The monoisotopic (exact) mass is 456 g/mol. The highest BCUT2D eigenvalue weighted by molar-refractivity contribution is 7.10. The summed E-state index contributed by atoms with van der Waals surface area (Å²) < 4.78 is 26.2. The van der Waals surface area contributed by atoms with E-state index in [1.165, 1.54) is 12.1 Å². The zero-order valence-electron chi connectivity index (χ0n) is 17.6. The van der Waals surface area contributed by atoms with Crippen LogP contribution >= 0.6 is 11.3 Å². The maximum atomic E-state index is 13.1. The van der Waals surface area contributed by atoms with Gasteiger partial charge in [-0.3, -0.25) is 0 Å². The number of hydrogen-bond donors (Lipinski definition) is 1. The summed E-state index contributed by atoms with van der Waals surface area (Å²) in [5.41, 5.74) is 6.99. The molecule has 0 aliphatic heterocycles. The molecule has 0 aliphatic rings. The summed E-state index contributed by atoms with van der Waals surface area (Å²) in [5.74, 6) is 0.573. The number of imidazole rings is 1. The molecule has 0 aliphatic carbocycles. The zero-order chi connectivity index (χ0) is 22.9. The number of aryl methyl sites for hydroxylation is 1. The van der Waals surface area contributed by atoms with Crippen molar-refractivity contribution in [3.05, 3.63) is 99.2 Å². The predicted molar refractivity (Wildman–Crippen MR) is 128 cm³/mol. The van der Waals surface area contributed by atoms with Crippen molar-refractivity contribution < 1.29 is 8.78 Å². The van der Waals surface area contributed by atoms with Gasteiger partial charge in [0.05, 0.1) is 28.3 Å². The van der Waals surface area contributed by atoms with Crippen LogP contribution in [-0.4, -0.2) is 15.0 Å². The van der Waals surface area contributed by atoms with Crippen LogP contribution in [0.5, 0.6) is 0 Å². The van der Waals surface area contributed by atoms with E-state index in [4.69, 9.17) is 11.6 Å². The third-order valence-corrected chi connectivity index (χ3v) is 6.39. The topological polar surface area (TPSA) is 45.9 Å². The average Bonchev–Trinajstić information content (AvgIpc) is 3.46. The third-order valence-electron chi connectivity index (χ3n) is 5.54. The van der Waals surface area contributed by atoms with E-state index in [2.05, 4.69) is 14.8 Å². The van der Waals surface area contributed by atoms with E-state index < -0.39 is 6.43 Å². The van der Waals surface area contributed by atoms with E-state index in [1.54, 1.807) is 35.6 Å². The number of thiazole rings is 1. The Morgan fingerprint density at radius 1 is 1.03 bits per heavy atom. The molecule has 0 atom stereocenters. The molecule has 5 rings (SSSR count). The number of alkyl halides is 2. The summed E-state index contributed by atoms with van der Waals surface area (Å²) in [6.45, 7) is 9.12. The molecule has 0 saturated heterocycles. The Balaban J connectivity index is 1.42. The van der Waals surface area contributed by atoms with Crippen LogP contribution in [-0.2, 0) is 6.42 Å². The van der Waals surface area contributed by atoms with Crippen molar-refractivity contribution in [2.75, 3.05) is 0 Å². The maximum absolute atomic E-state index is 13.1. The normalized spacial score (nSPS) is 11.2. The summed E-state index contributed by atoms with van der Waals surface area (Å²) in [6.07, 6.45) is -1.84. The second kappa shape index (κ2) is 8.57. The molecule has 0 saturated carbocycles. The highest BCUT2D eigenvalue weighted by Gasteiger charge is 2.13. The van der Waals surface area contributed by atoms with Crippen molar-refractivity contribution in [3.8, 4) is 22.6 Å². The van der Waals surface area contributed by atoms with Gasteiger partial charge in [-0.2, -0.15) is 0 Å². The second-order valence-electron chi connectivity index (χ2n) is 7.77. The lowest BCUT2D eigenvalue weighted by Crippen LogP contribution is -1.92. The number of benzene rings is 3. The van der Waals surface area contributed by atoms with Crippen LogP contribution < -0.4 is 0 Å². The van der Waals surface area contributed by atoms with Gasteiger partial charge in [-0.05, 0) is 41.8 Å². The standard InChI is InChI=1S/C26H18F2N4S/c1-15-10-21-22(32-26(31-21)18-5-3-4-17(11-18)25(27)28)12-19(15)13-24-30-23(14-33-24)16-6-8-20(29-2)9-7-16/h3-12,14,25H,13H2,1H3,(H,31,32). The van der Waals surface area contributed by atoms with E-state index in [9.17, 15) is 8.78 Å². The summed E-state index contributed by atoms with van der Waals surface area (Å²) in [7, 11) is 0. The molecular weight excluding hydrogens is 438 g/mol. The second-order valence-corrected chi connectivity index (χ2v) is 8.71. The molecule has 0 radical (unpaired) electrons. The highest BCUT2D eigenvalue weighted by Crippen LogP contribution is 2.29. The molecule has 3 aromatic carbocycles. The molecule has 33 heavy (non-hydrogen) atoms. The quantitative estimate of drug-likeness (QED) is 0.275. The Labute approximate surface area is 193 Å². The fraction of sp³-hybridized carbons (Fsp3) is 0.115. The summed E-state index contributed by atoms with van der Waals surface area (Å²) in [5, 5.41) is 3.01. The molecule has 0 amide bonds. The van der Waals surface area contributed by atoms with Gasteiger partial charge >= 0.3 is 0 Å². The number of rotatable bonds is 5. The minimum absolute atomic E-state index is 0.0203. The molecule has 4 nitrogen and oxygen atoms in total. The SMILES string of the molecule is [C-]#[N+]c1ccc(-c2csc(Cc3cc4nc(-c5cccc(C(F)F)c5)[nH]c4cc3C)n2)cc1. The van der Waals surface area contributed by atoms with Gasteiger partial charge in [0.15, 0.2) is 5.69 Å². The minimum Gasteiger partial charge on any atom is -0.338 e. The molecule has 7 heteroatoms. The lowest BCUT2D eigenvalue weighted by Gasteiger charge is -2.04. The van der Waals surface area contributed by atoms with Crippen molar-refractivity contribution in [1.29, 1.82) is 0 Å². The largest absolute Gasteiger partial charge is 0.338 e. The van der Waals surface area contributed by atoms with E-state index in [1.807, 2.05) is 36.6 Å². The first-order valence-corrected chi connectivity index (χ1v) is 11.2. The molecule has 2 heterocycles. The molecule has 0 spiro atoms. The first-order chi connectivity index (χ1) is 16.0. The van der Waals surface area contributed by atoms with Crippen molar-refractivity contribution in [2.24, 2.45) is 0 Å². The van der Waals surface area contributed by atoms with Crippen LogP contribution in [0.2, 0.25) is 0 Å². The first kappa shape index (κ1) is 21.0. The highest BCUT2D eigenvalue weighted by atomic mass is 32.1. The smallest absolute Gasteiger partial charge is 0.263 e. The van der Waals surface area contributed by atoms with E-state index >= 15 is 0 Å². The maximum Gasteiger partial charge on any atom is 0.263 e. The molecule has 0 fully saturated rings. The van der Waals surface area contributed by atoms with Crippen molar-refractivity contribution in [1.82, 2.24) is 15.0 Å². The number of halogens is 2. The molecule has 162 valence electrons. The average molecular weight is 457 g/mol. The van der Waals surface area contributed by atoms with Gasteiger partial charge in [0, 0.05) is 22.9 Å². The molecular formula is C26H18F2N4S. The lowest BCUT2D eigenvalue weighted by atomic mass is 10.1. The van der Waals surface area contributed by atoms with Crippen LogP contribution in [0, 0.1) is 13.5 Å². The fourth-order valence-electron chi connectivity index (χ4n) is 3.75. The molecule has 5 aromatic rings.